The first-order valence-corrected chi connectivity index (χ1v) is 13.3. The van der Waals surface area contributed by atoms with Crippen LogP contribution in [0.5, 0.6) is 0 Å². The van der Waals surface area contributed by atoms with E-state index in [0.717, 1.165) is 76.6 Å². The summed E-state index contributed by atoms with van der Waals surface area (Å²) in [5.41, 5.74) is 2.84. The molecular formula is C27H40N8O. The van der Waals surface area contributed by atoms with Crippen molar-refractivity contribution in [3.05, 3.63) is 36.3 Å². The van der Waals surface area contributed by atoms with E-state index in [0.29, 0.717) is 5.92 Å². The second-order valence-electron chi connectivity index (χ2n) is 12.3. The highest BCUT2D eigenvalue weighted by atomic mass is 16.2. The van der Waals surface area contributed by atoms with Gasteiger partial charge in [0, 0.05) is 49.4 Å². The molecule has 0 saturated carbocycles. The Hall–Kier alpha value is -2.97. The summed E-state index contributed by atoms with van der Waals surface area (Å²) in [5.74, 6) is 2.37. The van der Waals surface area contributed by atoms with E-state index >= 15 is 0 Å². The van der Waals surface area contributed by atoms with Crippen LogP contribution in [0.15, 0.2) is 25.0 Å². The molecule has 194 valence electrons. The van der Waals surface area contributed by atoms with Gasteiger partial charge in [-0.2, -0.15) is 4.98 Å². The monoisotopic (exact) mass is 492 g/mol. The Morgan fingerprint density at radius 2 is 2.03 bits per heavy atom. The maximum Gasteiger partial charge on any atom is 0.245 e. The Morgan fingerprint density at radius 3 is 2.72 bits per heavy atom. The second kappa shape index (κ2) is 9.48. The van der Waals surface area contributed by atoms with Crippen LogP contribution in [-0.2, 0) is 24.2 Å². The molecule has 1 spiro atoms. The lowest BCUT2D eigenvalue weighted by molar-refractivity contribution is -0.136. The Bertz CT molecular complexity index is 1100. The Labute approximate surface area is 214 Å². The van der Waals surface area contributed by atoms with Gasteiger partial charge in [0.2, 0.25) is 11.9 Å². The van der Waals surface area contributed by atoms with E-state index in [4.69, 9.17) is 9.97 Å². The fourth-order valence-corrected chi connectivity index (χ4v) is 6.10. The van der Waals surface area contributed by atoms with Crippen LogP contribution in [0.2, 0.25) is 0 Å². The zero-order chi connectivity index (χ0) is 25.5. The first-order valence-electron chi connectivity index (χ1n) is 13.3. The van der Waals surface area contributed by atoms with Crippen molar-refractivity contribution < 1.29 is 4.79 Å². The lowest BCUT2D eigenvalue weighted by Crippen LogP contribution is -2.59. The fraction of sp³-hybridized carbons (Fsp3) is 0.667. The standard InChI is InChI=1S/C27H40N8O/c1-6-23(36)34-17-27(18-34)9-11-33(16-27)25-30-22-14-26(4,5)8-7-21(22)24(31-25)29-20(13-19(2)3)15-35-12-10-28-32-35/h6,10,12,19-20H,1,7-9,11,13-18H2,2-5H3,(H,29,30,31)/t20-/m0/s1. The number of nitrogens with one attached hydrogen (secondary N) is 1. The summed E-state index contributed by atoms with van der Waals surface area (Å²) in [5, 5.41) is 12.0. The molecule has 0 radical (unpaired) electrons. The molecule has 2 aliphatic heterocycles. The smallest absolute Gasteiger partial charge is 0.245 e. The van der Waals surface area contributed by atoms with Crippen LogP contribution >= 0.6 is 0 Å². The number of carbonyl (C=O) groups excluding carboxylic acids is 1. The number of fused-ring (bicyclic) bond motifs is 1. The maximum atomic E-state index is 12.0. The first kappa shape index (κ1) is 24.7. The topological polar surface area (TPSA) is 92.1 Å². The summed E-state index contributed by atoms with van der Waals surface area (Å²) < 4.78 is 1.90. The van der Waals surface area contributed by atoms with Crippen molar-refractivity contribution in [1.82, 2.24) is 29.9 Å². The van der Waals surface area contributed by atoms with Crippen molar-refractivity contribution in [2.45, 2.75) is 72.4 Å². The summed E-state index contributed by atoms with van der Waals surface area (Å²) in [6, 6.07) is 0.198. The van der Waals surface area contributed by atoms with E-state index in [1.54, 1.807) is 6.20 Å². The van der Waals surface area contributed by atoms with E-state index in [9.17, 15) is 4.79 Å². The summed E-state index contributed by atoms with van der Waals surface area (Å²) in [6.07, 6.45) is 10.2. The molecule has 2 aromatic rings. The minimum Gasteiger partial charge on any atom is -0.365 e. The van der Waals surface area contributed by atoms with Gasteiger partial charge in [0.1, 0.15) is 5.82 Å². The molecule has 9 heteroatoms. The minimum atomic E-state index is 0.0291. The molecule has 3 aliphatic rings. The van der Waals surface area contributed by atoms with Gasteiger partial charge in [-0.1, -0.05) is 39.5 Å². The molecule has 2 saturated heterocycles. The highest BCUT2D eigenvalue weighted by Gasteiger charge is 2.49. The third-order valence-corrected chi connectivity index (χ3v) is 8.01. The first-order chi connectivity index (χ1) is 17.2. The van der Waals surface area contributed by atoms with Crippen LogP contribution in [0.3, 0.4) is 0 Å². The average molecular weight is 493 g/mol. The van der Waals surface area contributed by atoms with Crippen LogP contribution < -0.4 is 10.2 Å². The van der Waals surface area contributed by atoms with E-state index < -0.39 is 0 Å². The predicted octanol–water partition coefficient (Wildman–Crippen LogP) is 3.33. The van der Waals surface area contributed by atoms with Gasteiger partial charge in [-0.25, -0.2) is 4.98 Å². The number of nitrogens with zero attached hydrogens (tertiary/aromatic N) is 7. The number of carbonyl (C=O) groups is 1. The number of rotatable bonds is 8. The van der Waals surface area contributed by atoms with Gasteiger partial charge in [0.05, 0.1) is 18.4 Å². The van der Waals surface area contributed by atoms with Crippen molar-refractivity contribution in [1.29, 1.82) is 0 Å². The third kappa shape index (κ3) is 5.11. The number of likely N-dealkylation sites (tertiary alicyclic amines) is 1. The highest BCUT2D eigenvalue weighted by molar-refractivity contribution is 5.87. The van der Waals surface area contributed by atoms with Crippen molar-refractivity contribution in [3.8, 4) is 0 Å². The number of anilines is 2. The molecule has 1 N–H and O–H groups in total. The van der Waals surface area contributed by atoms with Crippen molar-refractivity contribution in [3.63, 3.8) is 0 Å². The molecule has 2 aromatic heterocycles. The van der Waals surface area contributed by atoms with E-state index in [1.165, 1.54) is 17.3 Å². The van der Waals surface area contributed by atoms with Gasteiger partial charge >= 0.3 is 0 Å². The largest absolute Gasteiger partial charge is 0.365 e. The minimum absolute atomic E-state index is 0.0291. The van der Waals surface area contributed by atoms with Gasteiger partial charge in [0.25, 0.3) is 0 Å². The molecule has 5 rings (SSSR count). The van der Waals surface area contributed by atoms with E-state index in [1.807, 2.05) is 15.8 Å². The third-order valence-electron chi connectivity index (χ3n) is 8.01. The zero-order valence-electron chi connectivity index (χ0n) is 22.2. The molecule has 1 atom stereocenters. The van der Waals surface area contributed by atoms with Crippen LogP contribution in [-0.4, -0.2) is 68.0 Å². The molecule has 1 amide bonds. The summed E-state index contributed by atoms with van der Waals surface area (Å²) >= 11 is 0. The van der Waals surface area contributed by atoms with Crippen molar-refractivity contribution in [2.75, 3.05) is 36.4 Å². The zero-order valence-corrected chi connectivity index (χ0v) is 22.2. The maximum absolute atomic E-state index is 12.0. The van der Waals surface area contributed by atoms with Crippen LogP contribution in [0, 0.1) is 16.7 Å². The van der Waals surface area contributed by atoms with E-state index in [2.05, 4.69) is 54.8 Å². The number of amides is 1. The summed E-state index contributed by atoms with van der Waals surface area (Å²) in [7, 11) is 0. The number of hydrogen-bond acceptors (Lipinski definition) is 7. The van der Waals surface area contributed by atoms with Crippen LogP contribution in [0.4, 0.5) is 11.8 Å². The van der Waals surface area contributed by atoms with Crippen LogP contribution in [0.25, 0.3) is 0 Å². The average Bonchev–Trinajstić information content (AvgIpc) is 3.46. The number of hydrogen-bond donors (Lipinski definition) is 1. The predicted molar refractivity (Wildman–Crippen MR) is 141 cm³/mol. The van der Waals surface area contributed by atoms with Gasteiger partial charge in [-0.15, -0.1) is 5.10 Å². The summed E-state index contributed by atoms with van der Waals surface area (Å²) in [4.78, 5) is 26.5. The van der Waals surface area contributed by atoms with E-state index in [-0.39, 0.29) is 22.8 Å². The second-order valence-corrected chi connectivity index (χ2v) is 12.3. The van der Waals surface area contributed by atoms with Gasteiger partial charge in [0.15, 0.2) is 0 Å². The SMILES string of the molecule is C=CC(=O)N1CC2(CCN(c3nc4c(c(N[C@@H](CC(C)C)Cn5ccnn5)n3)CCC(C)(C)C4)C2)C1. The van der Waals surface area contributed by atoms with Gasteiger partial charge in [-0.05, 0) is 49.5 Å². The molecule has 4 heterocycles. The van der Waals surface area contributed by atoms with Crippen molar-refractivity contribution >= 4 is 17.7 Å². The highest BCUT2D eigenvalue weighted by Crippen LogP contribution is 2.42. The molecular weight excluding hydrogens is 452 g/mol. The van der Waals surface area contributed by atoms with Crippen molar-refractivity contribution in [2.24, 2.45) is 16.7 Å². The lowest BCUT2D eigenvalue weighted by Gasteiger charge is -2.47. The van der Waals surface area contributed by atoms with Crippen LogP contribution in [0.1, 0.15) is 58.2 Å². The molecule has 36 heavy (non-hydrogen) atoms. The van der Waals surface area contributed by atoms with Gasteiger partial charge in [-0.3, -0.25) is 9.48 Å². The molecule has 0 bridgehead atoms. The lowest BCUT2D eigenvalue weighted by atomic mass is 9.76. The Morgan fingerprint density at radius 1 is 1.22 bits per heavy atom. The molecule has 9 nitrogen and oxygen atoms in total. The fourth-order valence-electron chi connectivity index (χ4n) is 6.10. The summed E-state index contributed by atoms with van der Waals surface area (Å²) in [6.45, 7) is 17.0. The number of aromatic nitrogens is 5. The Balaban J connectivity index is 1.40. The molecule has 1 aliphatic carbocycles. The molecule has 0 aromatic carbocycles. The quantitative estimate of drug-likeness (QED) is 0.565. The van der Waals surface area contributed by atoms with Gasteiger partial charge < -0.3 is 15.1 Å². The normalized spacial score (nSPS) is 20.8. The Kier molecular flexibility index (Phi) is 6.51. The molecule has 2 fully saturated rings. The molecule has 0 unspecified atom stereocenters.